The first-order valence-electron chi connectivity index (χ1n) is 6.97. The fraction of sp³-hybridized carbons (Fsp3) is 0.250. The molecule has 1 aromatic heterocycles. The molecule has 0 aliphatic heterocycles. The highest BCUT2D eigenvalue weighted by Gasteiger charge is 2.18. The summed E-state index contributed by atoms with van der Waals surface area (Å²) in [6, 6.07) is 7.45. The molecule has 2 rings (SSSR count). The molecule has 1 aromatic carbocycles. The molecule has 6 nitrogen and oxygen atoms in total. The van der Waals surface area contributed by atoms with Crippen LogP contribution < -0.4 is 11.1 Å². The van der Waals surface area contributed by atoms with Crippen LogP contribution in [0, 0.1) is 0 Å². The zero-order chi connectivity index (χ0) is 17.0. The fourth-order valence-electron chi connectivity index (χ4n) is 1.83. The van der Waals surface area contributed by atoms with Gasteiger partial charge in [-0.1, -0.05) is 20.8 Å². The first kappa shape index (κ1) is 17.0. The van der Waals surface area contributed by atoms with E-state index in [1.54, 1.807) is 23.9 Å². The molecule has 0 saturated heterocycles. The van der Waals surface area contributed by atoms with Crippen molar-refractivity contribution in [3.8, 4) is 0 Å². The molecule has 0 atom stereocenters. The molecule has 3 N–H and O–H groups in total. The van der Waals surface area contributed by atoms with E-state index in [9.17, 15) is 9.59 Å². The Morgan fingerprint density at radius 3 is 2.13 bits per heavy atom. The minimum atomic E-state index is -0.792. The average Bonchev–Trinajstić information content (AvgIpc) is 2.47. The maximum atomic E-state index is 12.2. The Morgan fingerprint density at radius 2 is 1.61 bits per heavy atom. The van der Waals surface area contributed by atoms with Gasteiger partial charge in [-0.2, -0.15) is 0 Å². The summed E-state index contributed by atoms with van der Waals surface area (Å²) in [4.78, 5) is 32.3. The monoisotopic (exact) mass is 330 g/mol. The van der Waals surface area contributed by atoms with Gasteiger partial charge in [-0.05, 0) is 24.3 Å². The van der Waals surface area contributed by atoms with Gasteiger partial charge in [0.25, 0.3) is 11.8 Å². The van der Waals surface area contributed by atoms with Gasteiger partial charge in [0.2, 0.25) is 0 Å². The molecule has 0 spiro atoms. The van der Waals surface area contributed by atoms with Crippen LogP contribution in [0.3, 0.4) is 0 Å². The number of anilines is 1. The molecule has 2 aromatic rings. The van der Waals surface area contributed by atoms with Crippen molar-refractivity contribution in [3.63, 3.8) is 0 Å². The highest BCUT2D eigenvalue weighted by Crippen LogP contribution is 2.32. The van der Waals surface area contributed by atoms with Crippen molar-refractivity contribution in [2.45, 2.75) is 30.4 Å². The molecule has 0 bridgehead atoms. The molecular weight excluding hydrogens is 312 g/mol. The summed E-state index contributed by atoms with van der Waals surface area (Å²) in [5.41, 5.74) is 5.57. The van der Waals surface area contributed by atoms with Crippen LogP contribution in [-0.4, -0.2) is 26.5 Å². The molecule has 0 aliphatic rings. The molecule has 23 heavy (non-hydrogen) atoms. The third-order valence-electron chi connectivity index (χ3n) is 2.68. The number of aromatic nitrogens is 2. The van der Waals surface area contributed by atoms with Crippen LogP contribution in [0.4, 0.5) is 5.69 Å². The number of nitrogens with two attached hydrogens (primary N) is 1. The summed E-state index contributed by atoms with van der Waals surface area (Å²) >= 11 is 1.73. The number of hydrogen-bond donors (Lipinski definition) is 2. The predicted octanol–water partition coefficient (Wildman–Crippen LogP) is 2.72. The SMILES string of the molecule is CC(C)(C)Sc1ccc(NC(=O)c2nccnc2C(N)=O)cc1. The Morgan fingerprint density at radius 1 is 1.04 bits per heavy atom. The second kappa shape index (κ2) is 6.78. The Bertz CT molecular complexity index is 724. The highest BCUT2D eigenvalue weighted by molar-refractivity contribution is 8.00. The Hall–Kier alpha value is -2.41. The largest absolute Gasteiger partial charge is 0.364 e. The van der Waals surface area contributed by atoms with Crippen LogP contribution in [0.15, 0.2) is 41.6 Å². The number of nitrogens with one attached hydrogen (secondary N) is 1. The van der Waals surface area contributed by atoms with Crippen molar-refractivity contribution in [2.24, 2.45) is 5.73 Å². The zero-order valence-electron chi connectivity index (χ0n) is 13.2. The van der Waals surface area contributed by atoms with Gasteiger partial charge in [-0.3, -0.25) is 9.59 Å². The Balaban J connectivity index is 2.14. The number of thioether (sulfide) groups is 1. The van der Waals surface area contributed by atoms with E-state index in [4.69, 9.17) is 5.73 Å². The number of hydrogen-bond acceptors (Lipinski definition) is 5. The number of primary amides is 1. The van der Waals surface area contributed by atoms with Gasteiger partial charge in [-0.15, -0.1) is 11.8 Å². The van der Waals surface area contributed by atoms with E-state index in [-0.39, 0.29) is 16.1 Å². The number of carbonyl (C=O) groups is 2. The second-order valence-electron chi connectivity index (χ2n) is 5.81. The lowest BCUT2D eigenvalue weighted by atomic mass is 10.2. The molecule has 0 unspecified atom stereocenters. The molecular formula is C16H18N4O2S. The minimum Gasteiger partial charge on any atom is -0.364 e. The van der Waals surface area contributed by atoms with Gasteiger partial charge in [0, 0.05) is 27.7 Å². The minimum absolute atomic E-state index is 0.0897. The maximum Gasteiger partial charge on any atom is 0.276 e. The van der Waals surface area contributed by atoms with E-state index in [1.165, 1.54) is 12.4 Å². The molecule has 0 radical (unpaired) electrons. The van der Waals surface area contributed by atoms with E-state index >= 15 is 0 Å². The number of carbonyl (C=O) groups excluding carboxylic acids is 2. The smallest absolute Gasteiger partial charge is 0.276 e. The number of nitrogens with zero attached hydrogens (tertiary/aromatic N) is 2. The van der Waals surface area contributed by atoms with Crippen molar-refractivity contribution in [2.75, 3.05) is 5.32 Å². The van der Waals surface area contributed by atoms with Gasteiger partial charge in [0.15, 0.2) is 11.4 Å². The summed E-state index contributed by atoms with van der Waals surface area (Å²) in [5, 5.41) is 2.69. The van der Waals surface area contributed by atoms with E-state index in [0.29, 0.717) is 5.69 Å². The predicted molar refractivity (Wildman–Crippen MR) is 90.6 cm³/mol. The van der Waals surface area contributed by atoms with Gasteiger partial charge in [-0.25, -0.2) is 9.97 Å². The lowest BCUT2D eigenvalue weighted by Gasteiger charge is -2.17. The van der Waals surface area contributed by atoms with E-state index in [1.807, 2.05) is 12.1 Å². The standard InChI is InChI=1S/C16H18N4O2S/c1-16(2,3)23-11-6-4-10(5-7-11)20-15(22)13-12(14(17)21)18-8-9-19-13/h4-9H,1-3H3,(H2,17,21)(H,20,22). The summed E-state index contributed by atoms with van der Waals surface area (Å²) in [6.45, 7) is 6.40. The highest BCUT2D eigenvalue weighted by atomic mass is 32.2. The van der Waals surface area contributed by atoms with E-state index < -0.39 is 11.8 Å². The van der Waals surface area contributed by atoms with Crippen LogP contribution in [0.2, 0.25) is 0 Å². The van der Waals surface area contributed by atoms with Crippen LogP contribution in [-0.2, 0) is 0 Å². The lowest BCUT2D eigenvalue weighted by molar-refractivity contribution is 0.0969. The Labute approximate surface area is 138 Å². The molecule has 0 aliphatic carbocycles. The number of rotatable bonds is 4. The van der Waals surface area contributed by atoms with Crippen molar-refractivity contribution in [1.29, 1.82) is 0 Å². The maximum absolute atomic E-state index is 12.2. The summed E-state index contributed by atoms with van der Waals surface area (Å²) < 4.78 is 0.112. The Kier molecular flexibility index (Phi) is 5.00. The van der Waals surface area contributed by atoms with Gasteiger partial charge >= 0.3 is 0 Å². The fourth-order valence-corrected chi connectivity index (χ4v) is 2.81. The second-order valence-corrected chi connectivity index (χ2v) is 7.71. The van der Waals surface area contributed by atoms with Gasteiger partial charge < -0.3 is 11.1 Å². The third-order valence-corrected chi connectivity index (χ3v) is 3.80. The number of amides is 2. The summed E-state index contributed by atoms with van der Waals surface area (Å²) in [6.07, 6.45) is 2.65. The van der Waals surface area contributed by atoms with Crippen LogP contribution in [0.25, 0.3) is 0 Å². The normalized spacial score (nSPS) is 11.1. The number of benzene rings is 1. The quantitative estimate of drug-likeness (QED) is 0.840. The zero-order valence-corrected chi connectivity index (χ0v) is 14.0. The first-order chi connectivity index (χ1) is 10.8. The molecule has 1 heterocycles. The van der Waals surface area contributed by atoms with Gasteiger partial charge in [0.1, 0.15) is 0 Å². The topological polar surface area (TPSA) is 98.0 Å². The van der Waals surface area contributed by atoms with Crippen LogP contribution >= 0.6 is 11.8 Å². The van der Waals surface area contributed by atoms with Gasteiger partial charge in [0.05, 0.1) is 0 Å². The molecule has 0 fully saturated rings. The first-order valence-corrected chi connectivity index (χ1v) is 7.79. The average molecular weight is 330 g/mol. The molecule has 0 saturated carbocycles. The van der Waals surface area contributed by atoms with Crippen LogP contribution in [0.1, 0.15) is 41.7 Å². The van der Waals surface area contributed by atoms with Crippen molar-refractivity contribution in [3.05, 3.63) is 48.0 Å². The van der Waals surface area contributed by atoms with E-state index in [2.05, 4.69) is 36.1 Å². The van der Waals surface area contributed by atoms with E-state index in [0.717, 1.165) is 4.90 Å². The van der Waals surface area contributed by atoms with Crippen molar-refractivity contribution < 1.29 is 9.59 Å². The lowest BCUT2D eigenvalue weighted by Crippen LogP contribution is -2.23. The summed E-state index contributed by atoms with van der Waals surface area (Å²) in [7, 11) is 0. The summed E-state index contributed by atoms with van der Waals surface area (Å²) in [5.74, 6) is -1.32. The van der Waals surface area contributed by atoms with Crippen LogP contribution in [0.5, 0.6) is 0 Å². The van der Waals surface area contributed by atoms with Crippen molar-refractivity contribution >= 4 is 29.3 Å². The molecule has 7 heteroatoms. The van der Waals surface area contributed by atoms with Crippen molar-refractivity contribution in [1.82, 2.24) is 9.97 Å². The molecule has 120 valence electrons. The third kappa shape index (κ3) is 4.79. The molecule has 2 amide bonds.